The van der Waals surface area contributed by atoms with Gasteiger partial charge in [0.15, 0.2) is 0 Å². The van der Waals surface area contributed by atoms with E-state index in [4.69, 9.17) is 9.47 Å². The van der Waals surface area contributed by atoms with Crippen molar-refractivity contribution < 1.29 is 19.1 Å². The maximum atomic E-state index is 12.7. The quantitative estimate of drug-likeness (QED) is 0.599. The minimum Gasteiger partial charge on any atom is -0.457 e. The maximum absolute atomic E-state index is 12.7. The van der Waals surface area contributed by atoms with Crippen molar-refractivity contribution in [1.29, 1.82) is 0 Å². The Bertz CT molecular complexity index is 967. The number of hydrogen-bond donors (Lipinski definition) is 1. The van der Waals surface area contributed by atoms with Gasteiger partial charge in [-0.3, -0.25) is 4.79 Å². The summed E-state index contributed by atoms with van der Waals surface area (Å²) in [5.74, 6) is 0.467. The van der Waals surface area contributed by atoms with E-state index in [9.17, 15) is 9.59 Å². The van der Waals surface area contributed by atoms with E-state index in [0.717, 1.165) is 12.8 Å². The average molecular weight is 387 g/mol. The number of benzene rings is 3. The van der Waals surface area contributed by atoms with Crippen LogP contribution in [0.1, 0.15) is 34.9 Å². The molecule has 0 bridgehead atoms. The molecular formula is C24H21NO4. The van der Waals surface area contributed by atoms with E-state index in [1.807, 2.05) is 48.5 Å². The molecule has 3 aromatic carbocycles. The van der Waals surface area contributed by atoms with Crippen LogP contribution in [0.15, 0.2) is 84.9 Å². The summed E-state index contributed by atoms with van der Waals surface area (Å²) < 4.78 is 11.3. The van der Waals surface area contributed by atoms with Gasteiger partial charge in [0, 0.05) is 11.6 Å². The zero-order valence-corrected chi connectivity index (χ0v) is 15.8. The van der Waals surface area contributed by atoms with Crippen LogP contribution in [0.3, 0.4) is 0 Å². The molecule has 0 aliphatic heterocycles. The van der Waals surface area contributed by atoms with Crippen LogP contribution in [0, 0.1) is 0 Å². The molecule has 1 saturated carbocycles. The lowest BCUT2D eigenvalue weighted by Gasteiger charge is -2.18. The lowest BCUT2D eigenvalue weighted by molar-refractivity contribution is -0.130. The first kappa shape index (κ1) is 18.7. The number of para-hydroxylation sites is 1. The van der Waals surface area contributed by atoms with Crippen LogP contribution in [-0.4, -0.2) is 17.9 Å². The summed E-state index contributed by atoms with van der Waals surface area (Å²) in [6, 6.07) is 25.3. The molecule has 1 aliphatic carbocycles. The average Bonchev–Trinajstić information content (AvgIpc) is 3.57. The summed E-state index contributed by atoms with van der Waals surface area (Å²) in [6.07, 6.45) is 0.943. The fourth-order valence-electron chi connectivity index (χ4n) is 2.86. The predicted molar refractivity (Wildman–Crippen MR) is 109 cm³/mol. The van der Waals surface area contributed by atoms with Crippen LogP contribution >= 0.6 is 0 Å². The number of hydrogen-bond acceptors (Lipinski definition) is 4. The summed E-state index contributed by atoms with van der Waals surface area (Å²) >= 11 is 0. The van der Waals surface area contributed by atoms with Crippen LogP contribution in [0.2, 0.25) is 0 Å². The van der Waals surface area contributed by atoms with E-state index >= 15 is 0 Å². The molecule has 146 valence electrons. The fourth-order valence-corrected chi connectivity index (χ4v) is 2.86. The third-order valence-corrected chi connectivity index (χ3v) is 4.56. The smallest absolute Gasteiger partial charge is 0.339 e. The number of esters is 1. The molecule has 1 amide bonds. The molecule has 29 heavy (non-hydrogen) atoms. The summed E-state index contributed by atoms with van der Waals surface area (Å²) in [5.41, 5.74) is 0.994. The predicted octanol–water partition coefficient (Wildman–Crippen LogP) is 4.66. The van der Waals surface area contributed by atoms with Crippen LogP contribution in [0.25, 0.3) is 0 Å². The SMILES string of the molecule is O=C(O[C@H](C(=O)NC1CC1)c1ccccc1)c1ccc(Oc2ccccc2)cc1. The Balaban J connectivity index is 1.46. The fraction of sp³-hybridized carbons (Fsp3) is 0.167. The molecule has 0 aromatic heterocycles. The molecule has 3 aromatic rings. The van der Waals surface area contributed by atoms with Gasteiger partial charge in [-0.2, -0.15) is 0 Å². The topological polar surface area (TPSA) is 64.6 Å². The Hall–Kier alpha value is -3.60. The van der Waals surface area contributed by atoms with Crippen LogP contribution < -0.4 is 10.1 Å². The zero-order valence-electron chi connectivity index (χ0n) is 15.8. The van der Waals surface area contributed by atoms with Crippen molar-refractivity contribution in [1.82, 2.24) is 5.32 Å². The van der Waals surface area contributed by atoms with Crippen molar-refractivity contribution in [3.05, 3.63) is 96.1 Å². The number of amides is 1. The first-order valence-electron chi connectivity index (χ1n) is 9.58. The second kappa shape index (κ2) is 8.61. The highest BCUT2D eigenvalue weighted by Crippen LogP contribution is 2.25. The van der Waals surface area contributed by atoms with Gasteiger partial charge in [-0.15, -0.1) is 0 Å². The Labute approximate surface area is 169 Å². The zero-order chi connectivity index (χ0) is 20.1. The highest BCUT2D eigenvalue weighted by molar-refractivity contribution is 5.93. The number of nitrogens with one attached hydrogen (secondary N) is 1. The molecule has 0 radical (unpaired) electrons. The molecule has 1 fully saturated rings. The Morgan fingerprint density at radius 3 is 2.00 bits per heavy atom. The van der Waals surface area contributed by atoms with Gasteiger partial charge in [0.05, 0.1) is 5.56 Å². The van der Waals surface area contributed by atoms with Gasteiger partial charge >= 0.3 is 5.97 Å². The Morgan fingerprint density at radius 1 is 0.793 bits per heavy atom. The van der Waals surface area contributed by atoms with Gasteiger partial charge in [0.25, 0.3) is 5.91 Å². The molecule has 5 nitrogen and oxygen atoms in total. The van der Waals surface area contributed by atoms with Crippen molar-refractivity contribution in [3.63, 3.8) is 0 Å². The first-order valence-corrected chi connectivity index (χ1v) is 9.58. The molecular weight excluding hydrogens is 366 g/mol. The molecule has 1 N–H and O–H groups in total. The third kappa shape index (κ3) is 5.02. The highest BCUT2D eigenvalue weighted by Gasteiger charge is 2.31. The van der Waals surface area contributed by atoms with Gasteiger partial charge in [-0.05, 0) is 49.2 Å². The highest BCUT2D eigenvalue weighted by atomic mass is 16.5. The van der Waals surface area contributed by atoms with Gasteiger partial charge < -0.3 is 14.8 Å². The number of rotatable bonds is 7. The van der Waals surface area contributed by atoms with Crippen molar-refractivity contribution in [2.75, 3.05) is 0 Å². The second-order valence-corrected chi connectivity index (χ2v) is 6.92. The molecule has 0 heterocycles. The standard InChI is InChI=1S/C24H21NO4/c26-23(25-19-13-14-19)22(17-7-3-1-4-8-17)29-24(27)18-11-15-21(16-12-18)28-20-9-5-2-6-10-20/h1-12,15-16,19,22H,13-14H2,(H,25,26)/t22-/m0/s1. The first-order chi connectivity index (χ1) is 14.2. The van der Waals surface area contributed by atoms with Crippen molar-refractivity contribution >= 4 is 11.9 Å². The molecule has 0 saturated heterocycles. The second-order valence-electron chi connectivity index (χ2n) is 6.92. The minimum atomic E-state index is -0.982. The summed E-state index contributed by atoms with van der Waals surface area (Å²) in [6.45, 7) is 0. The maximum Gasteiger partial charge on any atom is 0.339 e. The van der Waals surface area contributed by atoms with E-state index in [1.54, 1.807) is 36.4 Å². The van der Waals surface area contributed by atoms with E-state index in [1.165, 1.54) is 0 Å². The molecule has 1 atom stereocenters. The van der Waals surface area contributed by atoms with Crippen LogP contribution in [-0.2, 0) is 9.53 Å². The lowest BCUT2D eigenvalue weighted by atomic mass is 10.1. The molecule has 5 heteroatoms. The largest absolute Gasteiger partial charge is 0.457 e. The third-order valence-electron chi connectivity index (χ3n) is 4.56. The summed E-state index contributed by atoms with van der Waals surface area (Å²) in [7, 11) is 0. The molecule has 0 unspecified atom stereocenters. The lowest BCUT2D eigenvalue weighted by Crippen LogP contribution is -2.33. The number of ether oxygens (including phenoxy) is 2. The Kier molecular flexibility index (Phi) is 5.56. The van der Waals surface area contributed by atoms with E-state index in [2.05, 4.69) is 5.32 Å². The molecule has 0 spiro atoms. The van der Waals surface area contributed by atoms with Crippen molar-refractivity contribution in [3.8, 4) is 11.5 Å². The van der Waals surface area contributed by atoms with E-state index < -0.39 is 12.1 Å². The van der Waals surface area contributed by atoms with Gasteiger partial charge in [0.1, 0.15) is 11.5 Å². The normalized spacial score (nSPS) is 13.9. The van der Waals surface area contributed by atoms with Gasteiger partial charge in [0.2, 0.25) is 6.10 Å². The van der Waals surface area contributed by atoms with Gasteiger partial charge in [-0.1, -0.05) is 48.5 Å². The molecule has 1 aliphatic rings. The van der Waals surface area contributed by atoms with E-state index in [-0.39, 0.29) is 11.9 Å². The van der Waals surface area contributed by atoms with Crippen LogP contribution in [0.4, 0.5) is 0 Å². The van der Waals surface area contributed by atoms with Crippen molar-refractivity contribution in [2.45, 2.75) is 25.0 Å². The Morgan fingerprint density at radius 2 is 1.38 bits per heavy atom. The van der Waals surface area contributed by atoms with Crippen molar-refractivity contribution in [2.24, 2.45) is 0 Å². The van der Waals surface area contributed by atoms with Crippen LogP contribution in [0.5, 0.6) is 11.5 Å². The van der Waals surface area contributed by atoms with E-state index in [0.29, 0.717) is 22.6 Å². The number of carbonyl (C=O) groups is 2. The monoisotopic (exact) mass is 387 g/mol. The molecule has 4 rings (SSSR count). The minimum absolute atomic E-state index is 0.182. The summed E-state index contributed by atoms with van der Waals surface area (Å²) in [5, 5.41) is 2.91. The van der Waals surface area contributed by atoms with Gasteiger partial charge in [-0.25, -0.2) is 4.79 Å². The summed E-state index contributed by atoms with van der Waals surface area (Å²) in [4.78, 5) is 25.3. The number of carbonyl (C=O) groups excluding carboxylic acids is 2.